The zero-order valence-corrected chi connectivity index (χ0v) is 17.9. The molecule has 0 N–H and O–H groups in total. The molecule has 2 aromatic rings. The average Bonchev–Trinajstić information content (AvgIpc) is 3.41. The third-order valence-corrected chi connectivity index (χ3v) is 8.56. The Bertz CT molecular complexity index is 858. The molecule has 2 aromatic heterocycles. The van der Waals surface area contributed by atoms with Gasteiger partial charge in [-0.25, -0.2) is 8.42 Å². The summed E-state index contributed by atoms with van der Waals surface area (Å²) in [6.45, 7) is 5.26. The van der Waals surface area contributed by atoms with Crippen LogP contribution in [0, 0.1) is 0 Å². The fourth-order valence-corrected chi connectivity index (χ4v) is 6.23. The van der Waals surface area contributed by atoms with Gasteiger partial charge in [0, 0.05) is 23.9 Å². The summed E-state index contributed by atoms with van der Waals surface area (Å²) in [5.41, 5.74) is 0. The van der Waals surface area contributed by atoms with E-state index in [2.05, 4.69) is 32.6 Å². The van der Waals surface area contributed by atoms with Crippen LogP contribution in [0.4, 0.5) is 0 Å². The topological polar surface area (TPSA) is 79.5 Å². The predicted molar refractivity (Wildman–Crippen MR) is 109 cm³/mol. The van der Waals surface area contributed by atoms with Gasteiger partial charge in [0.05, 0.1) is 5.75 Å². The van der Waals surface area contributed by atoms with E-state index in [9.17, 15) is 8.42 Å². The van der Waals surface area contributed by atoms with Crippen LogP contribution in [0.5, 0.6) is 0 Å². The van der Waals surface area contributed by atoms with E-state index < -0.39 is 10.0 Å². The molecule has 0 saturated carbocycles. The molecular formula is C19H28N4O3S2. The predicted octanol–water partition coefficient (Wildman–Crippen LogP) is 3.39. The van der Waals surface area contributed by atoms with Crippen molar-refractivity contribution in [2.75, 3.05) is 25.4 Å². The van der Waals surface area contributed by atoms with Crippen LogP contribution in [-0.2, 0) is 16.6 Å². The first kappa shape index (κ1) is 20.0. The Morgan fingerprint density at radius 2 is 1.93 bits per heavy atom. The van der Waals surface area contributed by atoms with E-state index in [1.165, 1.54) is 4.88 Å². The van der Waals surface area contributed by atoms with Crippen molar-refractivity contribution in [3.63, 3.8) is 0 Å². The quantitative estimate of drug-likeness (QED) is 0.707. The monoisotopic (exact) mass is 424 g/mol. The summed E-state index contributed by atoms with van der Waals surface area (Å²) in [6, 6.07) is 3.97. The maximum absolute atomic E-state index is 12.4. The zero-order valence-electron chi connectivity index (χ0n) is 16.3. The molecule has 2 fully saturated rings. The second kappa shape index (κ2) is 8.61. The molecule has 0 amide bonds. The smallest absolute Gasteiger partial charge is 0.234 e. The van der Waals surface area contributed by atoms with E-state index in [1.54, 1.807) is 22.6 Å². The van der Waals surface area contributed by atoms with Crippen LogP contribution < -0.4 is 0 Å². The first-order chi connectivity index (χ1) is 13.6. The third-order valence-electron chi connectivity index (χ3n) is 5.81. The molecule has 0 spiro atoms. The summed E-state index contributed by atoms with van der Waals surface area (Å²) in [6.07, 6.45) is 4.61. The first-order valence-corrected chi connectivity index (χ1v) is 12.6. The molecule has 2 saturated heterocycles. The van der Waals surface area contributed by atoms with Gasteiger partial charge in [0.1, 0.15) is 6.04 Å². The number of hydrogen-bond acceptors (Lipinski definition) is 7. The minimum Gasteiger partial charge on any atom is -0.423 e. The zero-order chi connectivity index (χ0) is 19.6. The van der Waals surface area contributed by atoms with Crippen LogP contribution in [0.1, 0.15) is 67.6 Å². The van der Waals surface area contributed by atoms with Crippen molar-refractivity contribution in [2.24, 2.45) is 0 Å². The van der Waals surface area contributed by atoms with Gasteiger partial charge in [0.2, 0.25) is 21.8 Å². The fraction of sp³-hybridized carbons (Fsp3) is 0.684. The van der Waals surface area contributed by atoms with Gasteiger partial charge in [-0.3, -0.25) is 4.90 Å². The molecule has 154 valence electrons. The van der Waals surface area contributed by atoms with Crippen LogP contribution in [0.2, 0.25) is 0 Å². The lowest BCUT2D eigenvalue weighted by Gasteiger charge is -2.32. The average molecular weight is 425 g/mol. The van der Waals surface area contributed by atoms with Gasteiger partial charge in [-0.15, -0.1) is 21.5 Å². The molecule has 2 aliphatic heterocycles. The number of sulfonamides is 1. The lowest BCUT2D eigenvalue weighted by Crippen LogP contribution is -2.39. The Kier molecular flexibility index (Phi) is 6.15. The molecule has 0 aromatic carbocycles. The summed E-state index contributed by atoms with van der Waals surface area (Å²) in [5, 5.41) is 10.7. The highest BCUT2D eigenvalue weighted by molar-refractivity contribution is 7.89. The lowest BCUT2D eigenvalue weighted by molar-refractivity contribution is 0.185. The Morgan fingerprint density at radius 1 is 1.14 bits per heavy atom. The number of thiophene rings is 1. The van der Waals surface area contributed by atoms with Crippen molar-refractivity contribution >= 4 is 21.4 Å². The minimum atomic E-state index is -3.27. The lowest BCUT2D eigenvalue weighted by atomic mass is 9.97. The summed E-state index contributed by atoms with van der Waals surface area (Å²) >= 11 is 1.80. The maximum Gasteiger partial charge on any atom is 0.234 e. The molecule has 0 unspecified atom stereocenters. The Morgan fingerprint density at radius 3 is 2.64 bits per heavy atom. The Hall–Kier alpha value is -1.29. The molecule has 2 aliphatic rings. The second-order valence-corrected chi connectivity index (χ2v) is 10.9. The van der Waals surface area contributed by atoms with E-state index >= 15 is 0 Å². The van der Waals surface area contributed by atoms with Gasteiger partial charge in [0.15, 0.2) is 0 Å². The summed E-state index contributed by atoms with van der Waals surface area (Å²) in [5.74, 6) is 1.51. The summed E-state index contributed by atoms with van der Waals surface area (Å²) in [7, 11) is -3.27. The summed E-state index contributed by atoms with van der Waals surface area (Å²) < 4.78 is 32.5. The van der Waals surface area contributed by atoms with E-state index in [4.69, 9.17) is 4.42 Å². The van der Waals surface area contributed by atoms with Crippen molar-refractivity contribution in [1.29, 1.82) is 0 Å². The number of rotatable bonds is 6. The molecule has 0 radical (unpaired) electrons. The highest BCUT2D eigenvalue weighted by atomic mass is 32.2. The molecule has 4 heterocycles. The molecule has 4 rings (SSSR count). The van der Waals surface area contributed by atoms with Crippen molar-refractivity contribution in [3.8, 4) is 0 Å². The van der Waals surface area contributed by atoms with Gasteiger partial charge in [-0.05, 0) is 57.1 Å². The fourth-order valence-electron chi connectivity index (χ4n) is 4.16. The Labute approximate surface area is 170 Å². The van der Waals surface area contributed by atoms with Crippen LogP contribution in [0.3, 0.4) is 0 Å². The molecule has 0 bridgehead atoms. The molecule has 0 aliphatic carbocycles. The normalized spacial score (nSPS) is 23.2. The first-order valence-electron chi connectivity index (χ1n) is 10.1. The number of likely N-dealkylation sites (tertiary alicyclic amines) is 1. The van der Waals surface area contributed by atoms with Gasteiger partial charge >= 0.3 is 0 Å². The second-order valence-electron chi connectivity index (χ2n) is 7.63. The van der Waals surface area contributed by atoms with Crippen molar-refractivity contribution < 1.29 is 12.8 Å². The van der Waals surface area contributed by atoms with E-state index in [0.717, 1.165) is 51.7 Å². The van der Waals surface area contributed by atoms with Crippen LogP contribution in [-0.4, -0.2) is 53.2 Å². The van der Waals surface area contributed by atoms with Crippen molar-refractivity contribution in [1.82, 2.24) is 19.4 Å². The van der Waals surface area contributed by atoms with Crippen molar-refractivity contribution in [3.05, 3.63) is 34.2 Å². The van der Waals surface area contributed by atoms with Gasteiger partial charge in [-0.2, -0.15) is 4.31 Å². The molecule has 1 atom stereocenters. The maximum atomic E-state index is 12.4. The highest BCUT2D eigenvalue weighted by Gasteiger charge is 2.36. The highest BCUT2D eigenvalue weighted by Crippen LogP contribution is 2.35. The Balaban J connectivity index is 1.40. The molecular weight excluding hydrogens is 396 g/mol. The minimum absolute atomic E-state index is 0.104. The number of aromatic nitrogens is 2. The molecule has 9 heteroatoms. The largest absolute Gasteiger partial charge is 0.423 e. The third kappa shape index (κ3) is 4.32. The van der Waals surface area contributed by atoms with Crippen LogP contribution in [0.25, 0.3) is 0 Å². The van der Waals surface area contributed by atoms with Crippen LogP contribution >= 0.6 is 11.3 Å². The number of hydrogen-bond donors (Lipinski definition) is 0. The van der Waals surface area contributed by atoms with E-state index in [-0.39, 0.29) is 17.7 Å². The van der Waals surface area contributed by atoms with Gasteiger partial charge in [0.25, 0.3) is 0 Å². The van der Waals surface area contributed by atoms with E-state index in [0.29, 0.717) is 18.3 Å². The number of piperidine rings is 2. The number of nitrogens with zero attached hydrogens (tertiary/aromatic N) is 4. The SMILES string of the molecule is CCS(=O)(=O)N1CCCC[C@@H]1c1nnc(C2CCN(Cc3cccs3)CC2)o1. The standard InChI is InChI=1S/C19H28N4O3S2/c1-2-28(24,25)23-10-4-3-7-17(23)19-21-20-18(26-19)15-8-11-22(12-9-15)14-16-6-5-13-27-16/h5-6,13,15,17H,2-4,7-12,14H2,1H3/t17-/m1/s1. The van der Waals surface area contributed by atoms with Gasteiger partial charge in [-0.1, -0.05) is 12.5 Å². The summed E-state index contributed by atoms with van der Waals surface area (Å²) in [4.78, 5) is 3.86. The van der Waals surface area contributed by atoms with E-state index in [1.807, 2.05) is 0 Å². The van der Waals surface area contributed by atoms with Crippen LogP contribution in [0.15, 0.2) is 21.9 Å². The molecule has 28 heavy (non-hydrogen) atoms. The molecule has 7 nitrogen and oxygen atoms in total. The van der Waals surface area contributed by atoms with Gasteiger partial charge < -0.3 is 4.42 Å². The van der Waals surface area contributed by atoms with Crippen molar-refractivity contribution in [2.45, 2.75) is 57.5 Å².